The van der Waals surface area contributed by atoms with Crippen LogP contribution in [-0.2, 0) is 20.9 Å². The number of nitrogens with zero attached hydrogens (tertiary/aromatic N) is 1. The summed E-state index contributed by atoms with van der Waals surface area (Å²) in [6, 6.07) is 5.07. The van der Waals surface area contributed by atoms with Crippen LogP contribution in [-0.4, -0.2) is 41.3 Å². The number of aliphatic carboxylic acids is 1. The van der Waals surface area contributed by atoms with Crippen LogP contribution in [0.5, 0.6) is 11.5 Å². The Morgan fingerprint density at radius 2 is 2.15 bits per heavy atom. The molecule has 27 heavy (non-hydrogen) atoms. The first-order chi connectivity index (χ1) is 12.9. The highest BCUT2D eigenvalue weighted by molar-refractivity contribution is 5.91. The summed E-state index contributed by atoms with van der Waals surface area (Å²) >= 11 is 0. The number of benzene rings is 1. The molecule has 140 valence electrons. The van der Waals surface area contributed by atoms with Crippen LogP contribution in [0.25, 0.3) is 0 Å². The van der Waals surface area contributed by atoms with E-state index in [1.165, 1.54) is 0 Å². The molecule has 2 fully saturated rings. The number of fused-ring (bicyclic) bond motifs is 2. The maximum atomic E-state index is 13.3. The molecular weight excluding hydrogens is 350 g/mol. The van der Waals surface area contributed by atoms with Crippen LogP contribution in [0, 0.1) is 11.8 Å². The van der Waals surface area contributed by atoms with Gasteiger partial charge in [0.2, 0.25) is 12.7 Å². The first-order valence-electron chi connectivity index (χ1n) is 8.85. The van der Waals surface area contributed by atoms with Crippen molar-refractivity contribution in [3.05, 3.63) is 48.1 Å². The summed E-state index contributed by atoms with van der Waals surface area (Å²) in [4.78, 5) is 26.6. The van der Waals surface area contributed by atoms with Gasteiger partial charge in [-0.3, -0.25) is 4.79 Å². The van der Waals surface area contributed by atoms with Crippen LogP contribution in [0.4, 0.5) is 0 Å². The van der Waals surface area contributed by atoms with E-state index in [1.807, 2.05) is 25.1 Å². The minimum Gasteiger partial charge on any atom is -0.550 e. The monoisotopic (exact) mass is 368 g/mol. The lowest BCUT2D eigenvalue weighted by atomic mass is 9.74. The van der Waals surface area contributed by atoms with Gasteiger partial charge in [0.15, 0.2) is 11.5 Å². The van der Waals surface area contributed by atoms with E-state index in [2.05, 4.69) is 6.58 Å². The number of carboxylic acid groups (broad SMARTS) is 1. The van der Waals surface area contributed by atoms with E-state index < -0.39 is 35.6 Å². The lowest BCUT2D eigenvalue weighted by Gasteiger charge is -2.33. The van der Waals surface area contributed by atoms with Crippen LogP contribution in [0.3, 0.4) is 0 Å². The van der Waals surface area contributed by atoms with Crippen molar-refractivity contribution in [1.29, 1.82) is 0 Å². The van der Waals surface area contributed by atoms with Crippen molar-refractivity contribution in [3.63, 3.8) is 0 Å². The summed E-state index contributed by atoms with van der Waals surface area (Å²) < 4.78 is 16.8. The van der Waals surface area contributed by atoms with Crippen LogP contribution < -0.4 is 14.6 Å². The van der Waals surface area contributed by atoms with Crippen molar-refractivity contribution >= 4 is 11.9 Å². The van der Waals surface area contributed by atoms with Gasteiger partial charge in [0, 0.05) is 18.4 Å². The second-order valence-electron chi connectivity index (χ2n) is 7.52. The lowest BCUT2D eigenvalue weighted by Crippen LogP contribution is -2.46. The number of hydrogen-bond donors (Lipinski definition) is 0. The molecule has 0 unspecified atom stereocenters. The van der Waals surface area contributed by atoms with Gasteiger partial charge in [-0.25, -0.2) is 0 Å². The zero-order chi connectivity index (χ0) is 18.9. The van der Waals surface area contributed by atoms with E-state index in [9.17, 15) is 14.7 Å². The first kappa shape index (κ1) is 16.4. The molecule has 2 saturated heterocycles. The molecule has 5 atom stereocenters. The van der Waals surface area contributed by atoms with Gasteiger partial charge in [0.05, 0.1) is 18.1 Å². The number of amides is 1. The van der Waals surface area contributed by atoms with Gasteiger partial charge in [-0.15, -0.1) is 0 Å². The average Bonchev–Trinajstić information content (AvgIpc) is 3.35. The van der Waals surface area contributed by atoms with Crippen LogP contribution >= 0.6 is 0 Å². The van der Waals surface area contributed by atoms with E-state index >= 15 is 0 Å². The molecule has 1 amide bonds. The molecule has 7 nitrogen and oxygen atoms in total. The summed E-state index contributed by atoms with van der Waals surface area (Å²) in [6.45, 7) is 6.35. The Kier molecular flexibility index (Phi) is 3.25. The second-order valence-corrected chi connectivity index (χ2v) is 7.52. The molecule has 0 aliphatic carbocycles. The summed E-state index contributed by atoms with van der Waals surface area (Å²) in [7, 11) is 0. The largest absolute Gasteiger partial charge is 0.550 e. The molecule has 5 rings (SSSR count). The van der Waals surface area contributed by atoms with Crippen LogP contribution in [0.2, 0.25) is 0 Å². The van der Waals surface area contributed by atoms with Crippen molar-refractivity contribution in [2.75, 3.05) is 6.79 Å². The summed E-state index contributed by atoms with van der Waals surface area (Å²) in [5.41, 5.74) is 0.615. The molecule has 1 aromatic rings. The Morgan fingerprint density at radius 3 is 2.89 bits per heavy atom. The number of rotatable bonds is 4. The molecule has 0 saturated carbocycles. The van der Waals surface area contributed by atoms with Gasteiger partial charge < -0.3 is 29.0 Å². The number of carbonyl (C=O) groups is 2. The Balaban J connectivity index is 1.53. The maximum absolute atomic E-state index is 13.3. The predicted molar refractivity (Wildman–Crippen MR) is 90.4 cm³/mol. The highest BCUT2D eigenvalue weighted by Crippen LogP contribution is 2.56. The molecule has 4 heterocycles. The van der Waals surface area contributed by atoms with Gasteiger partial charge >= 0.3 is 0 Å². The average molecular weight is 368 g/mol. The zero-order valence-corrected chi connectivity index (χ0v) is 14.7. The van der Waals surface area contributed by atoms with Gasteiger partial charge in [-0.05, 0) is 24.6 Å². The summed E-state index contributed by atoms with van der Waals surface area (Å²) in [5, 5.41) is 11.7. The molecule has 1 aromatic carbocycles. The van der Waals surface area contributed by atoms with Gasteiger partial charge in [0.25, 0.3) is 0 Å². The number of carboxylic acids is 1. The highest BCUT2D eigenvalue weighted by Gasteiger charge is 2.69. The topological polar surface area (TPSA) is 88.1 Å². The fourth-order valence-corrected chi connectivity index (χ4v) is 4.95. The Bertz CT molecular complexity index is 908. The Labute approximate surface area is 155 Å². The standard InChI is InChI=1S/C20H19NO6/c1-10(2)17-20-6-5-13(27-20)15(19(23)24)16(20)18(22)21(17)8-11-3-4-12-14(7-11)26-9-25-12/h3-7,13,15-17H,1,8-9H2,2H3,(H,23,24)/p-1/t13-,15+,16-,17-,20+/m0/s1. The summed E-state index contributed by atoms with van der Waals surface area (Å²) in [6.07, 6.45) is 2.93. The molecular formula is C20H18NO6-. The molecule has 0 N–H and O–H groups in total. The van der Waals surface area contributed by atoms with Gasteiger partial charge in [-0.1, -0.05) is 30.4 Å². The van der Waals surface area contributed by atoms with E-state index in [-0.39, 0.29) is 12.7 Å². The van der Waals surface area contributed by atoms with Crippen molar-refractivity contribution in [3.8, 4) is 11.5 Å². The van der Waals surface area contributed by atoms with Crippen molar-refractivity contribution in [2.24, 2.45) is 11.8 Å². The van der Waals surface area contributed by atoms with Crippen LogP contribution in [0.15, 0.2) is 42.5 Å². The van der Waals surface area contributed by atoms with E-state index in [4.69, 9.17) is 14.2 Å². The highest BCUT2D eigenvalue weighted by atomic mass is 16.7. The third-order valence-corrected chi connectivity index (χ3v) is 5.90. The maximum Gasteiger partial charge on any atom is 0.231 e. The lowest BCUT2D eigenvalue weighted by molar-refractivity contribution is -0.313. The molecule has 4 aliphatic rings. The number of carbonyl (C=O) groups excluding carboxylic acids is 2. The van der Waals surface area contributed by atoms with Crippen LogP contribution in [0.1, 0.15) is 12.5 Å². The van der Waals surface area contributed by atoms with E-state index in [1.54, 1.807) is 17.0 Å². The van der Waals surface area contributed by atoms with E-state index in [0.29, 0.717) is 18.0 Å². The molecule has 4 aliphatic heterocycles. The molecule has 0 radical (unpaired) electrons. The Hall–Kier alpha value is -2.80. The fourth-order valence-electron chi connectivity index (χ4n) is 4.95. The molecule has 7 heteroatoms. The molecule has 2 bridgehead atoms. The Morgan fingerprint density at radius 1 is 1.37 bits per heavy atom. The smallest absolute Gasteiger partial charge is 0.231 e. The molecule has 1 spiro atoms. The van der Waals surface area contributed by atoms with Crippen molar-refractivity contribution in [1.82, 2.24) is 4.90 Å². The minimum absolute atomic E-state index is 0.175. The number of hydrogen-bond acceptors (Lipinski definition) is 6. The third kappa shape index (κ3) is 2.06. The minimum atomic E-state index is -1.25. The van der Waals surface area contributed by atoms with E-state index in [0.717, 1.165) is 11.1 Å². The fraction of sp³-hybridized carbons (Fsp3) is 0.400. The van der Waals surface area contributed by atoms with Gasteiger partial charge in [-0.2, -0.15) is 0 Å². The molecule has 0 aromatic heterocycles. The van der Waals surface area contributed by atoms with Crippen molar-refractivity contribution in [2.45, 2.75) is 31.2 Å². The quantitative estimate of drug-likeness (QED) is 0.715. The van der Waals surface area contributed by atoms with Gasteiger partial charge in [0.1, 0.15) is 5.60 Å². The summed E-state index contributed by atoms with van der Waals surface area (Å²) in [5.74, 6) is -1.98. The van der Waals surface area contributed by atoms with Crippen molar-refractivity contribution < 1.29 is 28.9 Å². The third-order valence-electron chi connectivity index (χ3n) is 5.90. The number of likely N-dealkylation sites (tertiary alicyclic amines) is 1. The normalized spacial score (nSPS) is 35.0. The second kappa shape index (κ2) is 5.36. The SMILES string of the molecule is C=C(C)[C@@H]1N(Cc2ccc3c(c2)OCO3)C(=O)[C@@H]2[C@H](C(=O)[O-])[C@@H]3C=C[C@@]21O3. The number of ether oxygens (including phenoxy) is 3. The zero-order valence-electron chi connectivity index (χ0n) is 14.7. The predicted octanol–water partition coefficient (Wildman–Crippen LogP) is 0.392. The first-order valence-corrected chi connectivity index (χ1v) is 8.85.